The van der Waals surface area contributed by atoms with Gasteiger partial charge in [-0.15, -0.1) is 0 Å². The molecule has 178 valence electrons. The van der Waals surface area contributed by atoms with Crippen LogP contribution in [0.3, 0.4) is 0 Å². The lowest BCUT2D eigenvalue weighted by atomic mass is 9.94. The van der Waals surface area contributed by atoms with E-state index in [4.69, 9.17) is 0 Å². The van der Waals surface area contributed by atoms with E-state index in [-0.39, 0.29) is 37.0 Å². The summed E-state index contributed by atoms with van der Waals surface area (Å²) in [5, 5.41) is 2.77. The van der Waals surface area contributed by atoms with E-state index in [2.05, 4.69) is 10.1 Å². The quantitative estimate of drug-likeness (QED) is 0.571. The van der Waals surface area contributed by atoms with E-state index in [1.165, 1.54) is 34.1 Å². The van der Waals surface area contributed by atoms with Gasteiger partial charge >= 0.3 is 6.61 Å². The van der Waals surface area contributed by atoms with Gasteiger partial charge in [-0.3, -0.25) is 19.3 Å². The summed E-state index contributed by atoms with van der Waals surface area (Å²) in [7, 11) is 0. The molecule has 2 aliphatic rings. The summed E-state index contributed by atoms with van der Waals surface area (Å²) in [5.41, 5.74) is 0.267. The Morgan fingerprint density at radius 2 is 1.66 bits per heavy atom. The second-order valence-corrected chi connectivity index (χ2v) is 8.30. The van der Waals surface area contributed by atoms with Gasteiger partial charge in [-0.05, 0) is 42.0 Å². The summed E-state index contributed by atoms with van der Waals surface area (Å²) in [5.74, 6) is -1.24. The Morgan fingerprint density at radius 3 is 2.37 bits per heavy atom. The molecule has 1 atom stereocenters. The van der Waals surface area contributed by atoms with Gasteiger partial charge in [-0.25, -0.2) is 0 Å². The van der Waals surface area contributed by atoms with Crippen LogP contribution >= 0.6 is 0 Å². The second-order valence-electron chi connectivity index (χ2n) is 8.30. The molecule has 3 amide bonds. The maximum Gasteiger partial charge on any atom is 0.387 e. The minimum absolute atomic E-state index is 0.0543. The van der Waals surface area contributed by atoms with Crippen LogP contribution in [-0.2, 0) is 16.1 Å². The van der Waals surface area contributed by atoms with Crippen molar-refractivity contribution >= 4 is 29.1 Å². The van der Waals surface area contributed by atoms with Gasteiger partial charge in [-0.2, -0.15) is 8.78 Å². The average Bonchev–Trinajstić information content (AvgIpc) is 3.21. The topological polar surface area (TPSA) is 79.0 Å². The van der Waals surface area contributed by atoms with Crippen molar-refractivity contribution in [3.8, 4) is 5.75 Å². The van der Waals surface area contributed by atoms with Crippen LogP contribution in [-0.4, -0.2) is 34.9 Å². The third-order valence-electron chi connectivity index (χ3n) is 6.26. The SMILES string of the molecule is O=C1c2ccccc2N2C(=O)CC[C@]2(C(=O)Nc2ccc(OC(F)F)cc2)N1Cc1ccccc1. The lowest BCUT2D eigenvalue weighted by Gasteiger charge is -2.49. The average molecular weight is 477 g/mol. The number of rotatable bonds is 6. The van der Waals surface area contributed by atoms with Gasteiger partial charge in [0, 0.05) is 25.1 Å². The van der Waals surface area contributed by atoms with Gasteiger partial charge in [0.1, 0.15) is 5.75 Å². The normalized spacial score (nSPS) is 18.9. The van der Waals surface area contributed by atoms with Crippen LogP contribution in [0.1, 0.15) is 28.8 Å². The molecule has 1 saturated heterocycles. The van der Waals surface area contributed by atoms with Crippen LogP contribution in [0.4, 0.5) is 20.2 Å². The van der Waals surface area contributed by atoms with E-state index < -0.39 is 18.2 Å². The van der Waals surface area contributed by atoms with E-state index in [0.717, 1.165) is 5.56 Å². The second kappa shape index (κ2) is 8.83. The Labute approximate surface area is 199 Å². The number of hydrogen-bond acceptors (Lipinski definition) is 4. The monoisotopic (exact) mass is 477 g/mol. The third-order valence-corrected chi connectivity index (χ3v) is 6.26. The molecule has 0 unspecified atom stereocenters. The highest BCUT2D eigenvalue weighted by Gasteiger charge is 2.60. The summed E-state index contributed by atoms with van der Waals surface area (Å²) in [4.78, 5) is 43.5. The minimum Gasteiger partial charge on any atom is -0.435 e. The number of alkyl halides is 2. The molecule has 0 bridgehead atoms. The molecule has 3 aromatic carbocycles. The number of hydrogen-bond donors (Lipinski definition) is 1. The first-order valence-corrected chi connectivity index (χ1v) is 11.0. The van der Waals surface area contributed by atoms with Crippen molar-refractivity contribution in [1.82, 2.24) is 4.90 Å². The number of anilines is 2. The van der Waals surface area contributed by atoms with Crippen LogP contribution in [0, 0.1) is 0 Å². The summed E-state index contributed by atoms with van der Waals surface area (Å²) < 4.78 is 29.3. The molecular weight excluding hydrogens is 456 g/mol. The van der Waals surface area contributed by atoms with E-state index in [0.29, 0.717) is 16.9 Å². The summed E-state index contributed by atoms with van der Waals surface area (Å²) in [6.45, 7) is -2.85. The predicted octanol–water partition coefficient (Wildman–Crippen LogP) is 4.41. The molecule has 0 aliphatic carbocycles. The zero-order chi connectivity index (χ0) is 24.6. The largest absolute Gasteiger partial charge is 0.435 e. The number of amides is 3. The summed E-state index contributed by atoms with van der Waals surface area (Å²) >= 11 is 0. The molecule has 3 aromatic rings. The number of carbonyl (C=O) groups is 3. The number of benzene rings is 3. The van der Waals surface area contributed by atoms with Crippen LogP contribution < -0.4 is 15.0 Å². The molecule has 7 nitrogen and oxygen atoms in total. The van der Waals surface area contributed by atoms with Gasteiger partial charge in [0.25, 0.3) is 11.8 Å². The predicted molar refractivity (Wildman–Crippen MR) is 124 cm³/mol. The molecule has 5 rings (SSSR count). The Kier molecular flexibility index (Phi) is 5.68. The molecule has 0 aromatic heterocycles. The number of para-hydroxylation sites is 1. The molecular formula is C26H21F2N3O4. The van der Waals surface area contributed by atoms with Gasteiger partial charge in [-0.1, -0.05) is 42.5 Å². The number of carbonyl (C=O) groups excluding carboxylic acids is 3. The zero-order valence-corrected chi connectivity index (χ0v) is 18.5. The van der Waals surface area contributed by atoms with E-state index >= 15 is 0 Å². The summed E-state index contributed by atoms with van der Waals surface area (Å²) in [6.07, 6.45) is 0.193. The highest BCUT2D eigenvalue weighted by Crippen LogP contribution is 2.45. The highest BCUT2D eigenvalue weighted by molar-refractivity contribution is 6.18. The Morgan fingerprint density at radius 1 is 0.971 bits per heavy atom. The molecule has 9 heteroatoms. The molecule has 2 heterocycles. The summed E-state index contributed by atoms with van der Waals surface area (Å²) in [6, 6.07) is 21.4. The Bertz CT molecular complexity index is 1280. The lowest BCUT2D eigenvalue weighted by molar-refractivity contribution is -0.129. The molecule has 0 spiro atoms. The van der Waals surface area contributed by atoms with Crippen molar-refractivity contribution in [1.29, 1.82) is 0 Å². The number of ether oxygens (including phenoxy) is 1. The van der Waals surface area contributed by atoms with Gasteiger partial charge in [0.2, 0.25) is 11.6 Å². The van der Waals surface area contributed by atoms with Gasteiger partial charge in [0.05, 0.1) is 11.3 Å². The molecule has 1 N–H and O–H groups in total. The van der Waals surface area contributed by atoms with Crippen molar-refractivity contribution in [2.75, 3.05) is 10.2 Å². The molecule has 1 fully saturated rings. The zero-order valence-electron chi connectivity index (χ0n) is 18.5. The van der Waals surface area contributed by atoms with Gasteiger partial charge in [0.15, 0.2) is 0 Å². The number of halogens is 2. The first kappa shape index (κ1) is 22.5. The lowest BCUT2D eigenvalue weighted by Crippen LogP contribution is -2.69. The molecule has 35 heavy (non-hydrogen) atoms. The van der Waals surface area contributed by atoms with E-state index in [1.807, 2.05) is 30.3 Å². The van der Waals surface area contributed by atoms with Crippen LogP contribution in [0.2, 0.25) is 0 Å². The van der Waals surface area contributed by atoms with Crippen LogP contribution in [0.25, 0.3) is 0 Å². The number of nitrogens with zero attached hydrogens (tertiary/aromatic N) is 2. The first-order valence-electron chi connectivity index (χ1n) is 11.0. The third kappa shape index (κ3) is 3.88. The van der Waals surface area contributed by atoms with Crippen molar-refractivity contribution in [3.63, 3.8) is 0 Å². The number of fused-ring (bicyclic) bond motifs is 3. The minimum atomic E-state index is -2.97. The smallest absolute Gasteiger partial charge is 0.387 e. The standard InChI is InChI=1S/C26H21F2N3O4/c27-25(28)35-19-12-10-18(11-13-19)29-24(34)26-15-14-22(32)31(26)21-9-5-4-8-20(21)23(33)30(26)16-17-6-2-1-3-7-17/h1-13,25H,14-16H2,(H,29,34)/t26-/m0/s1. The van der Waals surface area contributed by atoms with Gasteiger partial charge < -0.3 is 15.0 Å². The van der Waals surface area contributed by atoms with E-state index in [9.17, 15) is 23.2 Å². The van der Waals surface area contributed by atoms with Crippen molar-refractivity contribution in [3.05, 3.63) is 90.0 Å². The van der Waals surface area contributed by atoms with Crippen LogP contribution in [0.15, 0.2) is 78.9 Å². The van der Waals surface area contributed by atoms with Crippen molar-refractivity contribution in [2.24, 2.45) is 0 Å². The Balaban J connectivity index is 1.56. The maximum atomic E-state index is 13.9. The fourth-order valence-corrected chi connectivity index (χ4v) is 4.72. The highest BCUT2D eigenvalue weighted by atomic mass is 19.3. The molecule has 0 saturated carbocycles. The fourth-order valence-electron chi connectivity index (χ4n) is 4.72. The van der Waals surface area contributed by atoms with E-state index in [1.54, 1.807) is 24.3 Å². The number of nitrogens with one attached hydrogen (secondary N) is 1. The van der Waals surface area contributed by atoms with Crippen LogP contribution in [0.5, 0.6) is 5.75 Å². The maximum absolute atomic E-state index is 13.9. The Hall–Kier alpha value is -4.27. The first-order chi connectivity index (χ1) is 16.9. The van der Waals surface area contributed by atoms with Crippen molar-refractivity contribution < 1.29 is 27.9 Å². The van der Waals surface area contributed by atoms with Crippen molar-refractivity contribution in [2.45, 2.75) is 31.7 Å². The fraction of sp³-hybridized carbons (Fsp3) is 0.192. The molecule has 0 radical (unpaired) electrons. The molecule has 2 aliphatic heterocycles.